The van der Waals surface area contributed by atoms with E-state index in [1.54, 1.807) is 4.90 Å². The number of amides is 1. The second kappa shape index (κ2) is 6.20. The van der Waals surface area contributed by atoms with Gasteiger partial charge in [0.1, 0.15) is 0 Å². The zero-order valence-corrected chi connectivity index (χ0v) is 12.8. The smallest absolute Gasteiger partial charge is 0.226 e. The first-order valence-corrected chi connectivity index (χ1v) is 6.75. The molecule has 1 rings (SSSR count). The summed E-state index contributed by atoms with van der Waals surface area (Å²) in [5, 5.41) is 0. The molecule has 1 amide bonds. The Bertz CT molecular complexity index is 452. The third-order valence-electron chi connectivity index (χ3n) is 3.49. The van der Waals surface area contributed by atoms with Crippen molar-refractivity contribution in [1.82, 2.24) is 4.90 Å². The highest BCUT2D eigenvalue weighted by Gasteiger charge is 2.21. The normalized spacial score (nSPS) is 11.5. The van der Waals surface area contributed by atoms with Crippen molar-refractivity contribution in [1.29, 1.82) is 0 Å². The monoisotopic (exact) mass is 262 g/mol. The molecular formula is C16H26N2O. The van der Waals surface area contributed by atoms with Gasteiger partial charge < -0.3 is 10.6 Å². The van der Waals surface area contributed by atoms with Crippen molar-refractivity contribution in [3.05, 3.63) is 34.9 Å². The Morgan fingerprint density at radius 2 is 1.95 bits per heavy atom. The molecule has 0 heterocycles. The van der Waals surface area contributed by atoms with Gasteiger partial charge in [0, 0.05) is 13.6 Å². The van der Waals surface area contributed by atoms with Crippen LogP contribution in [0.4, 0.5) is 0 Å². The largest absolute Gasteiger partial charge is 0.345 e. The molecule has 3 nitrogen and oxygen atoms in total. The lowest BCUT2D eigenvalue weighted by molar-refractivity contribution is -0.130. The first kappa shape index (κ1) is 15.7. The lowest BCUT2D eigenvalue weighted by Crippen LogP contribution is -2.40. The van der Waals surface area contributed by atoms with Gasteiger partial charge in [-0.2, -0.15) is 0 Å². The quantitative estimate of drug-likeness (QED) is 0.885. The molecule has 0 spiro atoms. The molecule has 0 bridgehead atoms. The van der Waals surface area contributed by atoms with E-state index < -0.39 is 0 Å². The number of aryl methyl sites for hydroxylation is 2. The second-order valence-electron chi connectivity index (χ2n) is 6.22. The maximum absolute atomic E-state index is 12.3. The topological polar surface area (TPSA) is 46.3 Å². The van der Waals surface area contributed by atoms with E-state index in [9.17, 15) is 4.79 Å². The van der Waals surface area contributed by atoms with Crippen LogP contribution < -0.4 is 5.73 Å². The van der Waals surface area contributed by atoms with E-state index in [4.69, 9.17) is 5.73 Å². The van der Waals surface area contributed by atoms with Gasteiger partial charge in [0.25, 0.3) is 0 Å². The molecule has 19 heavy (non-hydrogen) atoms. The van der Waals surface area contributed by atoms with Crippen LogP contribution >= 0.6 is 0 Å². The summed E-state index contributed by atoms with van der Waals surface area (Å²) in [4.78, 5) is 14.0. The summed E-state index contributed by atoms with van der Waals surface area (Å²) in [5.41, 5.74) is 9.16. The molecule has 2 N–H and O–H groups in total. The highest BCUT2D eigenvalue weighted by Crippen LogP contribution is 2.16. The van der Waals surface area contributed by atoms with Crippen molar-refractivity contribution in [2.24, 2.45) is 11.1 Å². The van der Waals surface area contributed by atoms with Gasteiger partial charge in [0.05, 0.1) is 6.42 Å². The predicted molar refractivity (Wildman–Crippen MR) is 80.1 cm³/mol. The molecule has 0 atom stereocenters. The molecule has 0 aliphatic carbocycles. The molecule has 3 heteroatoms. The minimum Gasteiger partial charge on any atom is -0.345 e. The van der Waals surface area contributed by atoms with Gasteiger partial charge in [-0.1, -0.05) is 37.6 Å². The summed E-state index contributed by atoms with van der Waals surface area (Å²) in [6.45, 7) is 9.52. The summed E-state index contributed by atoms with van der Waals surface area (Å²) < 4.78 is 0. The maximum atomic E-state index is 12.3. The van der Waals surface area contributed by atoms with Gasteiger partial charge in [0.2, 0.25) is 5.91 Å². The molecule has 0 saturated heterocycles. The van der Waals surface area contributed by atoms with Crippen molar-refractivity contribution >= 4 is 5.91 Å². The van der Waals surface area contributed by atoms with Crippen LogP contribution in [0.3, 0.4) is 0 Å². The molecule has 1 aromatic rings. The van der Waals surface area contributed by atoms with Crippen LogP contribution in [0.15, 0.2) is 18.2 Å². The highest BCUT2D eigenvalue weighted by atomic mass is 16.2. The first-order valence-electron chi connectivity index (χ1n) is 6.75. The Kier molecular flexibility index (Phi) is 5.12. The summed E-state index contributed by atoms with van der Waals surface area (Å²) in [7, 11) is 1.85. The van der Waals surface area contributed by atoms with E-state index in [2.05, 4.69) is 39.0 Å². The summed E-state index contributed by atoms with van der Waals surface area (Å²) >= 11 is 0. The number of hydrogen-bond acceptors (Lipinski definition) is 2. The third-order valence-corrected chi connectivity index (χ3v) is 3.49. The molecule has 0 aliphatic heterocycles. The Balaban J connectivity index is 2.71. The van der Waals surface area contributed by atoms with Crippen LogP contribution in [0, 0.1) is 19.3 Å². The Labute approximate surface area is 116 Å². The fraction of sp³-hybridized carbons (Fsp3) is 0.562. The van der Waals surface area contributed by atoms with Gasteiger partial charge in [-0.05, 0) is 36.9 Å². The fourth-order valence-corrected chi connectivity index (χ4v) is 2.08. The van der Waals surface area contributed by atoms with Gasteiger partial charge in [-0.15, -0.1) is 0 Å². The number of nitrogens with two attached hydrogens (primary N) is 1. The first-order chi connectivity index (χ1) is 8.75. The van der Waals surface area contributed by atoms with Crippen molar-refractivity contribution < 1.29 is 4.79 Å². The SMILES string of the molecule is Cc1ccc(C)c(CC(=O)N(C)CC(C)(C)CN)c1. The minimum atomic E-state index is -0.0357. The van der Waals surface area contributed by atoms with Crippen molar-refractivity contribution in [2.75, 3.05) is 20.1 Å². The lowest BCUT2D eigenvalue weighted by atomic mass is 9.93. The van der Waals surface area contributed by atoms with Gasteiger partial charge >= 0.3 is 0 Å². The molecular weight excluding hydrogens is 236 g/mol. The van der Waals surface area contributed by atoms with Crippen LogP contribution in [-0.4, -0.2) is 30.9 Å². The minimum absolute atomic E-state index is 0.0357. The zero-order chi connectivity index (χ0) is 14.6. The molecule has 0 saturated carbocycles. The van der Waals surface area contributed by atoms with E-state index in [1.165, 1.54) is 11.1 Å². The number of nitrogens with zero attached hydrogens (tertiary/aromatic N) is 1. The van der Waals surface area contributed by atoms with Crippen LogP contribution in [0.5, 0.6) is 0 Å². The summed E-state index contributed by atoms with van der Waals surface area (Å²) in [6, 6.07) is 6.24. The number of likely N-dealkylation sites (N-methyl/N-ethyl adjacent to an activating group) is 1. The molecule has 0 radical (unpaired) electrons. The predicted octanol–water partition coefficient (Wildman–Crippen LogP) is 2.29. The van der Waals surface area contributed by atoms with E-state index in [0.29, 0.717) is 19.5 Å². The average Bonchev–Trinajstić information content (AvgIpc) is 2.33. The van der Waals surface area contributed by atoms with Gasteiger partial charge in [-0.3, -0.25) is 4.79 Å². The standard InChI is InChI=1S/C16H26N2O/c1-12-6-7-13(2)14(8-12)9-15(19)18(5)11-16(3,4)10-17/h6-8H,9-11,17H2,1-5H3. The van der Waals surface area contributed by atoms with E-state index >= 15 is 0 Å². The molecule has 1 aromatic carbocycles. The number of benzene rings is 1. The summed E-state index contributed by atoms with van der Waals surface area (Å²) in [5.74, 6) is 0.148. The number of carbonyl (C=O) groups excluding carboxylic acids is 1. The van der Waals surface area contributed by atoms with Crippen molar-refractivity contribution in [3.63, 3.8) is 0 Å². The Morgan fingerprint density at radius 1 is 1.32 bits per heavy atom. The number of hydrogen-bond donors (Lipinski definition) is 1. The van der Waals surface area contributed by atoms with Gasteiger partial charge in [-0.25, -0.2) is 0 Å². The van der Waals surface area contributed by atoms with Gasteiger partial charge in [0.15, 0.2) is 0 Å². The third kappa shape index (κ3) is 4.67. The zero-order valence-electron chi connectivity index (χ0n) is 12.8. The molecule has 0 aromatic heterocycles. The lowest BCUT2D eigenvalue weighted by Gasteiger charge is -2.29. The molecule has 0 unspecified atom stereocenters. The van der Waals surface area contributed by atoms with Crippen LogP contribution in [0.2, 0.25) is 0 Å². The van der Waals surface area contributed by atoms with Crippen LogP contribution in [-0.2, 0) is 11.2 Å². The van der Waals surface area contributed by atoms with E-state index in [0.717, 1.165) is 5.56 Å². The Hall–Kier alpha value is -1.35. The number of rotatable bonds is 5. The van der Waals surface area contributed by atoms with Crippen molar-refractivity contribution in [2.45, 2.75) is 34.1 Å². The van der Waals surface area contributed by atoms with E-state index in [1.807, 2.05) is 14.0 Å². The Morgan fingerprint density at radius 3 is 2.53 bits per heavy atom. The molecule has 0 aliphatic rings. The molecule has 106 valence electrons. The van der Waals surface area contributed by atoms with E-state index in [-0.39, 0.29) is 11.3 Å². The van der Waals surface area contributed by atoms with Crippen LogP contribution in [0.25, 0.3) is 0 Å². The highest BCUT2D eigenvalue weighted by molar-refractivity contribution is 5.79. The number of carbonyl (C=O) groups is 1. The molecule has 0 fully saturated rings. The summed E-state index contributed by atoms with van der Waals surface area (Å²) in [6.07, 6.45) is 0.463. The van der Waals surface area contributed by atoms with Crippen molar-refractivity contribution in [3.8, 4) is 0 Å². The maximum Gasteiger partial charge on any atom is 0.226 e. The van der Waals surface area contributed by atoms with Crippen LogP contribution in [0.1, 0.15) is 30.5 Å². The average molecular weight is 262 g/mol. The fourth-order valence-electron chi connectivity index (χ4n) is 2.08. The second-order valence-corrected chi connectivity index (χ2v) is 6.22.